The van der Waals surface area contributed by atoms with Crippen molar-refractivity contribution in [3.63, 3.8) is 0 Å². The number of rotatable bonds is 3. The van der Waals surface area contributed by atoms with Gasteiger partial charge < -0.3 is 0 Å². The van der Waals surface area contributed by atoms with E-state index in [-0.39, 0.29) is 4.90 Å². The molecule has 3 saturated carbocycles. The molecule has 0 aromatic heterocycles. The third kappa shape index (κ3) is 2.45. The number of benzene rings is 1. The van der Waals surface area contributed by atoms with E-state index in [2.05, 4.69) is 9.93 Å². The highest BCUT2D eigenvalue weighted by Crippen LogP contribution is 2.53. The monoisotopic (exact) mass is 318 g/mol. The number of sulfonamides is 1. The molecule has 3 fully saturated rings. The van der Waals surface area contributed by atoms with E-state index in [1.807, 2.05) is 19.1 Å². The summed E-state index contributed by atoms with van der Waals surface area (Å²) in [5.74, 6) is 2.85. The third-order valence-corrected chi connectivity index (χ3v) is 6.89. The van der Waals surface area contributed by atoms with Crippen molar-refractivity contribution >= 4 is 15.7 Å². The molecular formula is C17H22N2O2S. The Kier molecular flexibility index (Phi) is 3.29. The molecule has 0 radical (unpaired) electrons. The number of hydrogen-bond acceptors (Lipinski definition) is 3. The SMILES string of the molecule is Cc1ccc(S(=O)(=O)N/N=C2\C[C@H]3C[C@H]4C[C@@H](C3)[C@H]2C4)cc1. The van der Waals surface area contributed by atoms with Gasteiger partial charge >= 0.3 is 0 Å². The lowest BCUT2D eigenvalue weighted by Gasteiger charge is -2.34. The first-order valence-corrected chi connectivity index (χ1v) is 9.64. The molecule has 22 heavy (non-hydrogen) atoms. The predicted octanol–water partition coefficient (Wildman–Crippen LogP) is 3.09. The highest BCUT2D eigenvalue weighted by atomic mass is 32.2. The summed E-state index contributed by atoms with van der Waals surface area (Å²) in [5.41, 5.74) is 2.14. The average Bonchev–Trinajstić information content (AvgIpc) is 2.70. The summed E-state index contributed by atoms with van der Waals surface area (Å²) in [6.07, 6.45) is 6.16. The van der Waals surface area contributed by atoms with Crippen LogP contribution in [0.25, 0.3) is 0 Å². The molecule has 4 nitrogen and oxygen atoms in total. The van der Waals surface area contributed by atoms with Gasteiger partial charge in [0.2, 0.25) is 0 Å². The minimum atomic E-state index is -3.55. The molecule has 0 unspecified atom stereocenters. The third-order valence-electron chi connectivity index (χ3n) is 5.66. The van der Waals surface area contributed by atoms with Crippen molar-refractivity contribution < 1.29 is 8.42 Å². The number of aryl methyl sites for hydroxylation is 1. The molecule has 3 aliphatic rings. The van der Waals surface area contributed by atoms with E-state index < -0.39 is 10.0 Å². The molecule has 3 bridgehead atoms. The van der Waals surface area contributed by atoms with Gasteiger partial charge in [-0.15, -0.1) is 0 Å². The van der Waals surface area contributed by atoms with Crippen LogP contribution in [0.3, 0.4) is 0 Å². The van der Waals surface area contributed by atoms with Gasteiger partial charge in [-0.05, 0) is 68.9 Å². The Morgan fingerprint density at radius 2 is 1.77 bits per heavy atom. The van der Waals surface area contributed by atoms with Gasteiger partial charge in [-0.3, -0.25) is 0 Å². The van der Waals surface area contributed by atoms with Crippen LogP contribution in [0.15, 0.2) is 34.3 Å². The molecule has 118 valence electrons. The Morgan fingerprint density at radius 1 is 1.05 bits per heavy atom. The summed E-state index contributed by atoms with van der Waals surface area (Å²) in [4.78, 5) is 2.76. The molecule has 0 heterocycles. The van der Waals surface area contributed by atoms with Crippen molar-refractivity contribution in [2.24, 2.45) is 28.8 Å². The molecule has 1 aromatic carbocycles. The molecule has 0 amide bonds. The fourth-order valence-electron chi connectivity index (χ4n) is 4.73. The molecule has 1 N–H and O–H groups in total. The fourth-order valence-corrected chi connectivity index (χ4v) is 5.57. The minimum absolute atomic E-state index is 0.283. The van der Waals surface area contributed by atoms with Gasteiger partial charge in [-0.25, -0.2) is 4.83 Å². The van der Waals surface area contributed by atoms with E-state index in [1.54, 1.807) is 12.1 Å². The maximum atomic E-state index is 12.4. The van der Waals surface area contributed by atoms with Crippen LogP contribution in [-0.4, -0.2) is 14.1 Å². The predicted molar refractivity (Wildman–Crippen MR) is 86.0 cm³/mol. The van der Waals surface area contributed by atoms with Crippen LogP contribution in [-0.2, 0) is 10.0 Å². The van der Waals surface area contributed by atoms with Crippen LogP contribution < -0.4 is 4.83 Å². The van der Waals surface area contributed by atoms with Gasteiger partial charge in [-0.1, -0.05) is 17.7 Å². The number of hydrogen-bond donors (Lipinski definition) is 1. The lowest BCUT2D eigenvalue weighted by atomic mass is 9.71. The standard InChI is InChI=1S/C17H22N2O2S/c1-11-2-4-15(5-3-11)22(20,21)19-18-17-10-13-6-12-7-14(8-13)16(17)9-12/h2-5,12-14,16,19H,6-10H2,1H3/b18-17+/t12-,13-,14-,16+/m0/s1. The molecule has 3 aliphatic carbocycles. The molecule has 4 atom stereocenters. The first-order valence-electron chi connectivity index (χ1n) is 8.16. The van der Waals surface area contributed by atoms with Gasteiger partial charge in [0.25, 0.3) is 10.0 Å². The van der Waals surface area contributed by atoms with Crippen LogP contribution >= 0.6 is 0 Å². The normalized spacial score (nSPS) is 35.0. The summed E-state index contributed by atoms with van der Waals surface area (Å²) in [6, 6.07) is 6.89. The van der Waals surface area contributed by atoms with Crippen molar-refractivity contribution in [2.45, 2.75) is 43.9 Å². The zero-order chi connectivity index (χ0) is 15.3. The molecule has 0 spiro atoms. The van der Waals surface area contributed by atoms with Crippen molar-refractivity contribution in [3.8, 4) is 0 Å². The second-order valence-electron chi connectivity index (χ2n) is 7.26. The largest absolute Gasteiger partial charge is 0.276 e. The molecule has 1 aromatic rings. The summed E-state index contributed by atoms with van der Waals surface area (Å²) >= 11 is 0. The van der Waals surface area contributed by atoms with Crippen molar-refractivity contribution in [1.82, 2.24) is 4.83 Å². The quantitative estimate of drug-likeness (QED) is 0.871. The van der Waals surface area contributed by atoms with Gasteiger partial charge in [-0.2, -0.15) is 13.5 Å². The van der Waals surface area contributed by atoms with Gasteiger partial charge in [0.15, 0.2) is 0 Å². The van der Waals surface area contributed by atoms with Gasteiger partial charge in [0, 0.05) is 11.6 Å². The van der Waals surface area contributed by atoms with E-state index in [4.69, 9.17) is 0 Å². The summed E-state index contributed by atoms with van der Waals surface area (Å²) < 4.78 is 24.7. The number of nitrogens with zero attached hydrogens (tertiary/aromatic N) is 1. The Balaban J connectivity index is 1.55. The van der Waals surface area contributed by atoms with Crippen molar-refractivity contribution in [1.29, 1.82) is 0 Å². The Morgan fingerprint density at radius 3 is 2.55 bits per heavy atom. The Labute approximate surface area is 132 Å². The Bertz CT molecular complexity index is 707. The van der Waals surface area contributed by atoms with Gasteiger partial charge in [0.05, 0.1) is 4.90 Å². The van der Waals surface area contributed by atoms with Crippen molar-refractivity contribution in [2.75, 3.05) is 0 Å². The number of nitrogens with one attached hydrogen (secondary N) is 1. The van der Waals surface area contributed by atoms with Crippen molar-refractivity contribution in [3.05, 3.63) is 29.8 Å². The first kappa shape index (κ1) is 14.2. The van der Waals surface area contributed by atoms with E-state index in [1.165, 1.54) is 25.7 Å². The fraction of sp³-hybridized carbons (Fsp3) is 0.588. The van der Waals surface area contributed by atoms with E-state index in [9.17, 15) is 8.42 Å². The number of fused-ring (bicyclic) bond motifs is 2. The second kappa shape index (κ2) is 5.08. The molecular weight excluding hydrogens is 296 g/mol. The highest BCUT2D eigenvalue weighted by Gasteiger charge is 2.47. The van der Waals surface area contributed by atoms with Crippen LogP contribution in [0, 0.1) is 30.6 Å². The zero-order valence-electron chi connectivity index (χ0n) is 12.8. The Hall–Kier alpha value is -1.36. The van der Waals surface area contributed by atoms with E-state index in [0.29, 0.717) is 5.92 Å². The lowest BCUT2D eigenvalue weighted by molar-refractivity contribution is 0.242. The molecule has 5 heteroatoms. The van der Waals surface area contributed by atoms with E-state index >= 15 is 0 Å². The summed E-state index contributed by atoms with van der Waals surface area (Å²) in [7, 11) is -3.55. The summed E-state index contributed by atoms with van der Waals surface area (Å²) in [6.45, 7) is 1.94. The smallest absolute Gasteiger partial charge is 0.200 e. The topological polar surface area (TPSA) is 58.5 Å². The van der Waals surface area contributed by atoms with E-state index in [0.717, 1.165) is 35.4 Å². The summed E-state index contributed by atoms with van der Waals surface area (Å²) in [5, 5.41) is 4.35. The number of hydrazone groups is 1. The zero-order valence-corrected chi connectivity index (χ0v) is 13.6. The molecule has 0 aliphatic heterocycles. The maximum Gasteiger partial charge on any atom is 0.276 e. The van der Waals surface area contributed by atoms with Crippen LogP contribution in [0.1, 0.15) is 37.7 Å². The first-order chi connectivity index (χ1) is 10.5. The van der Waals surface area contributed by atoms with Crippen LogP contribution in [0.5, 0.6) is 0 Å². The van der Waals surface area contributed by atoms with Gasteiger partial charge in [0.1, 0.15) is 0 Å². The van der Waals surface area contributed by atoms with Crippen LogP contribution in [0.4, 0.5) is 0 Å². The molecule has 0 saturated heterocycles. The maximum absolute atomic E-state index is 12.4. The molecule has 4 rings (SSSR count). The average molecular weight is 318 g/mol. The van der Waals surface area contributed by atoms with Crippen LogP contribution in [0.2, 0.25) is 0 Å². The second-order valence-corrected chi connectivity index (χ2v) is 8.92. The minimum Gasteiger partial charge on any atom is -0.200 e. The lowest BCUT2D eigenvalue weighted by Crippen LogP contribution is -2.32. The highest BCUT2D eigenvalue weighted by molar-refractivity contribution is 7.89.